The number of hydrogen-bond donors (Lipinski definition) is 1. The van der Waals surface area contributed by atoms with E-state index in [-0.39, 0.29) is 10.7 Å². The molecule has 122 valence electrons. The van der Waals surface area contributed by atoms with E-state index in [1.807, 2.05) is 5.38 Å². The molecule has 0 fully saturated rings. The van der Waals surface area contributed by atoms with Gasteiger partial charge in [-0.1, -0.05) is 17.7 Å². The number of anilines is 1. The topological polar surface area (TPSA) is 51.2 Å². The predicted molar refractivity (Wildman–Crippen MR) is 92.3 cm³/mol. The zero-order valence-electron chi connectivity index (χ0n) is 12.3. The van der Waals surface area contributed by atoms with Gasteiger partial charge in [-0.3, -0.25) is 4.79 Å². The van der Waals surface area contributed by atoms with Crippen LogP contribution in [-0.2, 0) is 6.61 Å². The number of benzene rings is 2. The Labute approximate surface area is 146 Å². The maximum Gasteiger partial charge on any atom is 0.255 e. The fourth-order valence-electron chi connectivity index (χ4n) is 1.98. The second kappa shape index (κ2) is 7.42. The number of carbonyl (C=O) groups is 1. The Hall–Kier alpha value is -2.44. The van der Waals surface area contributed by atoms with Crippen molar-refractivity contribution < 1.29 is 13.9 Å². The maximum absolute atomic E-state index is 13.8. The normalized spacial score (nSPS) is 10.4. The smallest absolute Gasteiger partial charge is 0.255 e. The Morgan fingerprint density at radius 3 is 2.92 bits per heavy atom. The Morgan fingerprint density at radius 1 is 1.29 bits per heavy atom. The Kier molecular flexibility index (Phi) is 5.08. The number of halogens is 2. The van der Waals surface area contributed by atoms with E-state index in [9.17, 15) is 9.18 Å². The molecule has 1 heterocycles. The van der Waals surface area contributed by atoms with Crippen molar-refractivity contribution in [2.75, 3.05) is 5.32 Å². The molecule has 0 aliphatic heterocycles. The van der Waals surface area contributed by atoms with Gasteiger partial charge in [-0.15, -0.1) is 11.3 Å². The first kappa shape index (κ1) is 16.4. The van der Waals surface area contributed by atoms with E-state index in [2.05, 4.69) is 10.3 Å². The van der Waals surface area contributed by atoms with E-state index in [0.717, 1.165) is 11.8 Å². The molecule has 4 nitrogen and oxygen atoms in total. The molecule has 0 saturated carbocycles. The lowest BCUT2D eigenvalue weighted by atomic mass is 10.2. The van der Waals surface area contributed by atoms with Crippen LogP contribution in [0.1, 0.15) is 16.1 Å². The minimum Gasteiger partial charge on any atom is -0.487 e. The highest BCUT2D eigenvalue weighted by molar-refractivity contribution is 7.07. The van der Waals surface area contributed by atoms with Gasteiger partial charge in [-0.05, 0) is 36.4 Å². The van der Waals surface area contributed by atoms with Crippen molar-refractivity contribution in [3.05, 3.63) is 75.5 Å². The average Bonchev–Trinajstić information content (AvgIpc) is 3.09. The lowest BCUT2D eigenvalue weighted by Crippen LogP contribution is -2.13. The molecule has 0 saturated heterocycles. The van der Waals surface area contributed by atoms with Crippen molar-refractivity contribution in [3.63, 3.8) is 0 Å². The summed E-state index contributed by atoms with van der Waals surface area (Å²) in [6.07, 6.45) is 0. The molecule has 0 unspecified atom stereocenters. The highest BCUT2D eigenvalue weighted by atomic mass is 35.5. The largest absolute Gasteiger partial charge is 0.487 e. The van der Waals surface area contributed by atoms with E-state index in [1.165, 1.54) is 23.5 Å². The Bertz CT molecular complexity index is 856. The minimum atomic E-state index is -0.591. The van der Waals surface area contributed by atoms with Gasteiger partial charge in [0.1, 0.15) is 18.2 Å². The summed E-state index contributed by atoms with van der Waals surface area (Å²) in [7, 11) is 0. The van der Waals surface area contributed by atoms with Crippen LogP contribution in [0.4, 0.5) is 10.1 Å². The molecule has 7 heteroatoms. The van der Waals surface area contributed by atoms with Crippen molar-refractivity contribution in [3.8, 4) is 5.75 Å². The molecule has 1 N–H and O–H groups in total. The minimum absolute atomic E-state index is 0.0678. The van der Waals surface area contributed by atoms with Gasteiger partial charge in [-0.25, -0.2) is 9.37 Å². The van der Waals surface area contributed by atoms with Gasteiger partial charge in [0.2, 0.25) is 0 Å². The summed E-state index contributed by atoms with van der Waals surface area (Å²) < 4.78 is 19.4. The zero-order valence-corrected chi connectivity index (χ0v) is 13.9. The maximum atomic E-state index is 13.8. The summed E-state index contributed by atoms with van der Waals surface area (Å²) >= 11 is 7.18. The van der Waals surface area contributed by atoms with Gasteiger partial charge in [0.05, 0.1) is 16.9 Å². The summed E-state index contributed by atoms with van der Waals surface area (Å²) in [6.45, 7) is 0.320. The number of amides is 1. The number of ether oxygens (including phenoxy) is 1. The Balaban J connectivity index is 1.69. The van der Waals surface area contributed by atoms with E-state index >= 15 is 0 Å². The molecular formula is C17H12ClFN2O2S. The molecule has 24 heavy (non-hydrogen) atoms. The van der Waals surface area contributed by atoms with E-state index in [0.29, 0.717) is 17.9 Å². The van der Waals surface area contributed by atoms with Gasteiger partial charge >= 0.3 is 0 Å². The molecule has 0 aliphatic carbocycles. The average molecular weight is 363 g/mol. The molecule has 0 radical (unpaired) electrons. The number of thiazole rings is 1. The second-order valence-corrected chi connectivity index (χ2v) is 6.03. The molecule has 0 bridgehead atoms. The summed E-state index contributed by atoms with van der Waals surface area (Å²) in [6, 6.07) is 10.7. The zero-order chi connectivity index (χ0) is 16.9. The molecule has 1 amide bonds. The highest BCUT2D eigenvalue weighted by Gasteiger charge is 2.11. The van der Waals surface area contributed by atoms with Crippen LogP contribution in [-0.4, -0.2) is 10.9 Å². The number of nitrogens with zero attached hydrogens (tertiary/aromatic N) is 1. The first-order chi connectivity index (χ1) is 11.6. The number of aromatic nitrogens is 1. The second-order valence-electron chi connectivity index (χ2n) is 4.87. The molecule has 3 aromatic rings. The molecule has 0 spiro atoms. The van der Waals surface area contributed by atoms with Crippen molar-refractivity contribution in [2.45, 2.75) is 6.61 Å². The van der Waals surface area contributed by atoms with Gasteiger partial charge in [0, 0.05) is 16.0 Å². The van der Waals surface area contributed by atoms with Gasteiger partial charge < -0.3 is 10.1 Å². The first-order valence-corrected chi connectivity index (χ1v) is 8.30. The van der Waals surface area contributed by atoms with Crippen LogP contribution in [0.3, 0.4) is 0 Å². The van der Waals surface area contributed by atoms with E-state index < -0.39 is 11.7 Å². The van der Waals surface area contributed by atoms with Crippen LogP contribution >= 0.6 is 22.9 Å². The van der Waals surface area contributed by atoms with Crippen molar-refractivity contribution in [1.82, 2.24) is 4.98 Å². The fraction of sp³-hybridized carbons (Fsp3) is 0.0588. The first-order valence-electron chi connectivity index (χ1n) is 6.98. The lowest BCUT2D eigenvalue weighted by Gasteiger charge is -2.09. The van der Waals surface area contributed by atoms with E-state index in [4.69, 9.17) is 16.3 Å². The molecule has 2 aromatic carbocycles. The standard InChI is InChI=1S/C17H12ClFN2O2S/c18-12-4-5-16(15(19)7-12)21-17(22)11-2-1-3-14(6-11)23-8-13-9-24-10-20-13/h1-7,9-10H,8H2,(H,21,22). The molecular weight excluding hydrogens is 351 g/mol. The number of carbonyl (C=O) groups excluding carboxylic acids is 1. The monoisotopic (exact) mass is 362 g/mol. The summed E-state index contributed by atoms with van der Waals surface area (Å²) in [4.78, 5) is 16.4. The Morgan fingerprint density at radius 2 is 2.17 bits per heavy atom. The molecule has 0 atom stereocenters. The van der Waals surface area contributed by atoms with Gasteiger partial charge in [0.25, 0.3) is 5.91 Å². The highest BCUT2D eigenvalue weighted by Crippen LogP contribution is 2.21. The van der Waals surface area contributed by atoms with Crippen LogP contribution in [0.2, 0.25) is 5.02 Å². The van der Waals surface area contributed by atoms with Crippen LogP contribution in [0, 0.1) is 5.82 Å². The molecule has 0 aliphatic rings. The van der Waals surface area contributed by atoms with Crippen molar-refractivity contribution >= 4 is 34.5 Å². The van der Waals surface area contributed by atoms with Gasteiger partial charge in [-0.2, -0.15) is 0 Å². The summed E-state index contributed by atoms with van der Waals surface area (Å²) in [5, 5.41) is 4.67. The fourth-order valence-corrected chi connectivity index (χ4v) is 2.68. The summed E-state index contributed by atoms with van der Waals surface area (Å²) in [5.74, 6) is -0.491. The lowest BCUT2D eigenvalue weighted by molar-refractivity contribution is 0.102. The van der Waals surface area contributed by atoms with Gasteiger partial charge in [0.15, 0.2) is 0 Å². The molecule has 1 aromatic heterocycles. The SMILES string of the molecule is O=C(Nc1ccc(Cl)cc1F)c1cccc(OCc2cscn2)c1. The summed E-state index contributed by atoms with van der Waals surface area (Å²) in [5.41, 5.74) is 2.97. The van der Waals surface area contributed by atoms with Crippen molar-refractivity contribution in [1.29, 1.82) is 0 Å². The quantitative estimate of drug-likeness (QED) is 0.711. The van der Waals surface area contributed by atoms with Crippen molar-refractivity contribution in [2.24, 2.45) is 0 Å². The van der Waals surface area contributed by atoms with Crippen LogP contribution in [0.5, 0.6) is 5.75 Å². The van der Waals surface area contributed by atoms with Crippen LogP contribution < -0.4 is 10.1 Å². The van der Waals surface area contributed by atoms with Crippen LogP contribution in [0.25, 0.3) is 0 Å². The number of hydrogen-bond acceptors (Lipinski definition) is 4. The predicted octanol–water partition coefficient (Wildman–Crippen LogP) is 4.77. The third-order valence-electron chi connectivity index (χ3n) is 3.15. The number of rotatable bonds is 5. The third kappa shape index (κ3) is 4.10. The molecule has 3 rings (SSSR count). The van der Waals surface area contributed by atoms with Crippen LogP contribution in [0.15, 0.2) is 53.4 Å². The van der Waals surface area contributed by atoms with E-state index in [1.54, 1.807) is 29.8 Å². The number of nitrogens with one attached hydrogen (secondary N) is 1. The third-order valence-corrected chi connectivity index (χ3v) is 4.02.